The second-order valence-corrected chi connectivity index (χ2v) is 6.91. The minimum Gasteiger partial charge on any atom is -0.492 e. The van der Waals surface area contributed by atoms with Gasteiger partial charge in [-0.05, 0) is 30.7 Å². The number of benzene rings is 2. The average Bonchev–Trinajstić information content (AvgIpc) is 3.20. The number of ether oxygens (including phenoxy) is 3. The summed E-state index contributed by atoms with van der Waals surface area (Å²) < 4.78 is 17.7. The maximum atomic E-state index is 9.15. The van der Waals surface area contributed by atoms with Gasteiger partial charge in [0.1, 0.15) is 25.6 Å². The molecule has 2 aromatic carbocycles. The second-order valence-electron chi connectivity index (χ2n) is 6.91. The molecule has 6 nitrogen and oxygen atoms in total. The first-order valence-corrected chi connectivity index (χ1v) is 9.10. The molecule has 0 saturated carbocycles. The number of hydrogen-bond acceptors (Lipinski definition) is 6. The summed E-state index contributed by atoms with van der Waals surface area (Å²) in [4.78, 5) is 0. The maximum absolute atomic E-state index is 9.15. The number of rotatable bonds is 4. The molecular formula is C20H22N2O4. The SMILES string of the molecule is OCCCNC1Nc2ccccc2C12COc1cc3c(cc12)OCCO3. The highest BCUT2D eigenvalue weighted by molar-refractivity contribution is 5.70. The van der Waals surface area contributed by atoms with Crippen LogP contribution in [0.25, 0.3) is 0 Å². The Morgan fingerprint density at radius 1 is 1.04 bits per heavy atom. The lowest BCUT2D eigenvalue weighted by Gasteiger charge is -2.32. The van der Waals surface area contributed by atoms with Gasteiger partial charge in [-0.2, -0.15) is 0 Å². The zero-order valence-corrected chi connectivity index (χ0v) is 14.5. The van der Waals surface area contributed by atoms with Crippen molar-refractivity contribution in [2.24, 2.45) is 0 Å². The average molecular weight is 354 g/mol. The molecule has 2 atom stereocenters. The third kappa shape index (κ3) is 2.19. The Kier molecular flexibility index (Phi) is 3.69. The molecule has 3 heterocycles. The van der Waals surface area contributed by atoms with E-state index in [1.807, 2.05) is 12.1 Å². The van der Waals surface area contributed by atoms with E-state index in [1.54, 1.807) is 0 Å². The molecule has 0 fully saturated rings. The fourth-order valence-corrected chi connectivity index (χ4v) is 4.25. The smallest absolute Gasteiger partial charge is 0.165 e. The van der Waals surface area contributed by atoms with Gasteiger partial charge >= 0.3 is 0 Å². The molecule has 3 aliphatic rings. The summed E-state index contributed by atoms with van der Waals surface area (Å²) in [6.07, 6.45) is 0.690. The molecule has 3 aliphatic heterocycles. The van der Waals surface area contributed by atoms with Crippen molar-refractivity contribution in [1.82, 2.24) is 5.32 Å². The zero-order valence-electron chi connectivity index (χ0n) is 14.5. The Morgan fingerprint density at radius 2 is 1.85 bits per heavy atom. The third-order valence-electron chi connectivity index (χ3n) is 5.46. The van der Waals surface area contributed by atoms with Crippen molar-refractivity contribution in [1.29, 1.82) is 0 Å². The maximum Gasteiger partial charge on any atom is 0.165 e. The molecule has 0 radical (unpaired) electrons. The molecule has 0 amide bonds. The first-order chi connectivity index (χ1) is 12.8. The van der Waals surface area contributed by atoms with Crippen molar-refractivity contribution in [2.75, 3.05) is 38.3 Å². The van der Waals surface area contributed by atoms with Crippen LogP contribution < -0.4 is 24.8 Å². The summed E-state index contributed by atoms with van der Waals surface area (Å²) in [7, 11) is 0. The summed E-state index contributed by atoms with van der Waals surface area (Å²) in [6, 6.07) is 12.4. The zero-order chi connectivity index (χ0) is 17.6. The predicted molar refractivity (Wildman–Crippen MR) is 97.3 cm³/mol. The highest BCUT2D eigenvalue weighted by Crippen LogP contribution is 2.54. The number of fused-ring (bicyclic) bond motifs is 5. The monoisotopic (exact) mass is 354 g/mol. The van der Waals surface area contributed by atoms with Gasteiger partial charge in [0.25, 0.3) is 0 Å². The van der Waals surface area contributed by atoms with Crippen LogP contribution in [0.1, 0.15) is 17.5 Å². The van der Waals surface area contributed by atoms with Crippen LogP contribution in [0.4, 0.5) is 5.69 Å². The van der Waals surface area contributed by atoms with Crippen LogP contribution in [0.2, 0.25) is 0 Å². The van der Waals surface area contributed by atoms with Crippen molar-refractivity contribution in [3.8, 4) is 17.2 Å². The molecule has 0 aliphatic carbocycles. The molecule has 0 saturated heterocycles. The topological polar surface area (TPSA) is 72.0 Å². The number of hydrogen-bond donors (Lipinski definition) is 3. The van der Waals surface area contributed by atoms with Crippen LogP contribution in [0.5, 0.6) is 17.2 Å². The largest absolute Gasteiger partial charge is 0.492 e. The molecule has 1 spiro atoms. The van der Waals surface area contributed by atoms with Gasteiger partial charge in [0.2, 0.25) is 0 Å². The van der Waals surface area contributed by atoms with Gasteiger partial charge in [0.05, 0.1) is 11.6 Å². The first kappa shape index (κ1) is 15.8. The molecule has 2 unspecified atom stereocenters. The van der Waals surface area contributed by atoms with Crippen LogP contribution in [0.15, 0.2) is 36.4 Å². The van der Waals surface area contributed by atoms with Gasteiger partial charge in [-0.15, -0.1) is 0 Å². The molecule has 2 aromatic rings. The molecule has 3 N–H and O–H groups in total. The Morgan fingerprint density at radius 3 is 2.69 bits per heavy atom. The Balaban J connectivity index is 1.62. The van der Waals surface area contributed by atoms with E-state index >= 15 is 0 Å². The van der Waals surface area contributed by atoms with E-state index in [0.29, 0.717) is 26.2 Å². The minimum absolute atomic E-state index is 0.0183. The molecule has 5 rings (SSSR count). The fraction of sp³-hybridized carbons (Fsp3) is 0.400. The lowest BCUT2D eigenvalue weighted by Crippen LogP contribution is -2.51. The first-order valence-electron chi connectivity index (χ1n) is 9.10. The number of para-hydroxylation sites is 1. The van der Waals surface area contributed by atoms with Crippen LogP contribution in [-0.2, 0) is 5.41 Å². The highest BCUT2D eigenvalue weighted by Gasteiger charge is 2.54. The third-order valence-corrected chi connectivity index (χ3v) is 5.46. The number of aliphatic hydroxyl groups is 1. The number of aliphatic hydroxyl groups excluding tert-OH is 1. The van der Waals surface area contributed by atoms with Gasteiger partial charge in [-0.25, -0.2) is 0 Å². The Hall–Kier alpha value is -2.44. The summed E-state index contributed by atoms with van der Waals surface area (Å²) in [5.41, 5.74) is 3.11. The summed E-state index contributed by atoms with van der Waals surface area (Å²) >= 11 is 0. The van der Waals surface area contributed by atoms with Crippen LogP contribution in [0.3, 0.4) is 0 Å². The van der Waals surface area contributed by atoms with Gasteiger partial charge in [0.15, 0.2) is 11.5 Å². The van der Waals surface area contributed by atoms with Gasteiger partial charge in [0, 0.05) is 23.9 Å². The lowest BCUT2D eigenvalue weighted by molar-refractivity contribution is 0.171. The van der Waals surface area contributed by atoms with E-state index < -0.39 is 0 Å². The van der Waals surface area contributed by atoms with E-state index in [9.17, 15) is 0 Å². The van der Waals surface area contributed by atoms with E-state index in [-0.39, 0.29) is 18.2 Å². The van der Waals surface area contributed by atoms with Crippen LogP contribution >= 0.6 is 0 Å². The molecule has 6 heteroatoms. The van der Waals surface area contributed by atoms with E-state index in [4.69, 9.17) is 19.3 Å². The fourth-order valence-electron chi connectivity index (χ4n) is 4.25. The van der Waals surface area contributed by atoms with Gasteiger partial charge in [-0.3, -0.25) is 5.32 Å². The van der Waals surface area contributed by atoms with Crippen LogP contribution in [0, 0.1) is 0 Å². The number of anilines is 1. The Bertz CT molecular complexity index is 841. The predicted octanol–water partition coefficient (Wildman–Crippen LogP) is 1.86. The standard InChI is InChI=1S/C20H22N2O4/c23-7-3-6-21-19-20(13-4-1-2-5-15(13)22-19)12-26-16-11-18-17(10-14(16)20)24-8-9-25-18/h1-2,4-5,10-11,19,21-23H,3,6-9,12H2. The van der Waals surface area contributed by atoms with Crippen molar-refractivity contribution in [2.45, 2.75) is 18.0 Å². The van der Waals surface area contributed by atoms with Crippen molar-refractivity contribution >= 4 is 5.69 Å². The van der Waals surface area contributed by atoms with E-state index in [2.05, 4.69) is 34.9 Å². The van der Waals surface area contributed by atoms with Crippen molar-refractivity contribution < 1.29 is 19.3 Å². The Labute approximate surface area is 152 Å². The quantitative estimate of drug-likeness (QED) is 0.728. The van der Waals surface area contributed by atoms with Crippen LogP contribution in [-0.4, -0.2) is 44.2 Å². The summed E-state index contributed by atoms with van der Waals surface area (Å²) in [6.45, 7) is 2.57. The summed E-state index contributed by atoms with van der Waals surface area (Å²) in [5.74, 6) is 2.37. The van der Waals surface area contributed by atoms with Crippen molar-refractivity contribution in [3.63, 3.8) is 0 Å². The van der Waals surface area contributed by atoms with Gasteiger partial charge in [-0.1, -0.05) is 18.2 Å². The van der Waals surface area contributed by atoms with Gasteiger partial charge < -0.3 is 24.6 Å². The molecule has 0 aromatic heterocycles. The minimum atomic E-state index is -0.336. The van der Waals surface area contributed by atoms with E-state index in [0.717, 1.165) is 35.0 Å². The molecular weight excluding hydrogens is 332 g/mol. The van der Waals surface area contributed by atoms with Crippen molar-refractivity contribution in [3.05, 3.63) is 47.5 Å². The van der Waals surface area contributed by atoms with E-state index in [1.165, 1.54) is 5.56 Å². The summed E-state index contributed by atoms with van der Waals surface area (Å²) in [5, 5.41) is 16.3. The number of nitrogens with one attached hydrogen (secondary N) is 2. The molecule has 136 valence electrons. The molecule has 26 heavy (non-hydrogen) atoms. The normalized spacial score (nSPS) is 24.7. The second kappa shape index (κ2) is 6.07. The lowest BCUT2D eigenvalue weighted by atomic mass is 9.75. The molecule has 0 bridgehead atoms. The highest BCUT2D eigenvalue weighted by atomic mass is 16.6.